The van der Waals surface area contributed by atoms with Gasteiger partial charge in [0.2, 0.25) is 5.91 Å². The van der Waals surface area contributed by atoms with Crippen molar-refractivity contribution < 1.29 is 4.79 Å². The van der Waals surface area contributed by atoms with E-state index in [1.807, 2.05) is 11.7 Å². The Bertz CT molecular complexity index is 703. The molecule has 1 saturated carbocycles. The summed E-state index contributed by atoms with van der Waals surface area (Å²) in [5.41, 5.74) is 3.29. The number of hydrogen-bond donors (Lipinski definition) is 0. The van der Waals surface area contributed by atoms with Gasteiger partial charge in [-0.15, -0.1) is 5.10 Å². The van der Waals surface area contributed by atoms with Crippen LogP contribution in [0.2, 0.25) is 0 Å². The van der Waals surface area contributed by atoms with Crippen LogP contribution in [0.3, 0.4) is 0 Å². The lowest BCUT2D eigenvalue weighted by Crippen LogP contribution is -2.46. The largest absolute Gasteiger partial charge is 0.308 e. The fourth-order valence-corrected chi connectivity index (χ4v) is 4.80. The van der Waals surface area contributed by atoms with Gasteiger partial charge in [-0.3, -0.25) is 9.48 Å². The summed E-state index contributed by atoms with van der Waals surface area (Å²) in [6, 6.07) is 2.46. The van der Waals surface area contributed by atoms with Crippen LogP contribution in [0, 0.1) is 5.92 Å². The molecule has 1 fully saturated rings. The summed E-state index contributed by atoms with van der Waals surface area (Å²) in [4.78, 5) is 15.5. The Kier molecular flexibility index (Phi) is 4.39. The summed E-state index contributed by atoms with van der Waals surface area (Å²) in [5, 5.41) is 12.5. The molecular formula is C18H24N4OS. The molecule has 2 heterocycles. The first-order valence-corrected chi connectivity index (χ1v) is 9.91. The van der Waals surface area contributed by atoms with Gasteiger partial charge in [-0.1, -0.05) is 24.5 Å². The molecule has 0 bridgehead atoms. The molecule has 1 amide bonds. The quantitative estimate of drug-likeness (QED) is 0.858. The molecule has 24 heavy (non-hydrogen) atoms. The second-order valence-corrected chi connectivity index (χ2v) is 7.81. The van der Waals surface area contributed by atoms with Crippen LogP contribution in [0.5, 0.6) is 0 Å². The van der Waals surface area contributed by atoms with E-state index in [2.05, 4.69) is 32.0 Å². The van der Waals surface area contributed by atoms with Gasteiger partial charge in [-0.25, -0.2) is 0 Å². The van der Waals surface area contributed by atoms with Crippen molar-refractivity contribution in [2.75, 3.05) is 4.90 Å². The number of amides is 1. The Morgan fingerprint density at radius 2 is 2.12 bits per heavy atom. The Morgan fingerprint density at radius 1 is 1.29 bits per heavy atom. The predicted octanol–water partition coefficient (Wildman–Crippen LogP) is 3.35. The molecule has 5 nitrogen and oxygen atoms in total. The van der Waals surface area contributed by atoms with E-state index in [-0.39, 0.29) is 5.92 Å². The minimum atomic E-state index is 0.0523. The van der Waals surface area contributed by atoms with E-state index in [0.29, 0.717) is 11.9 Å². The molecule has 2 aromatic heterocycles. The number of carbonyl (C=O) groups is 1. The van der Waals surface area contributed by atoms with E-state index in [1.54, 1.807) is 11.3 Å². The SMILES string of the molecule is Cn1nnc2c1C[C@H](C(=O)N(c1ccsc1)C1CCCCC1)CC2. The molecule has 0 aliphatic heterocycles. The highest BCUT2D eigenvalue weighted by Gasteiger charge is 2.35. The van der Waals surface area contributed by atoms with E-state index < -0.39 is 0 Å². The van der Waals surface area contributed by atoms with Crippen LogP contribution in [-0.4, -0.2) is 26.9 Å². The minimum absolute atomic E-state index is 0.0523. The highest BCUT2D eigenvalue weighted by molar-refractivity contribution is 7.08. The molecule has 1 atom stereocenters. The molecular weight excluding hydrogens is 320 g/mol. The van der Waals surface area contributed by atoms with Crippen LogP contribution in [0.15, 0.2) is 16.8 Å². The number of rotatable bonds is 3. The summed E-state index contributed by atoms with van der Waals surface area (Å²) >= 11 is 1.67. The van der Waals surface area contributed by atoms with Gasteiger partial charge in [0, 0.05) is 30.8 Å². The molecule has 0 aromatic carbocycles. The predicted molar refractivity (Wildman–Crippen MR) is 95.2 cm³/mol. The third-order valence-corrected chi connectivity index (χ3v) is 6.17. The second kappa shape index (κ2) is 6.67. The van der Waals surface area contributed by atoms with Gasteiger partial charge < -0.3 is 4.90 Å². The molecule has 0 N–H and O–H groups in total. The van der Waals surface area contributed by atoms with Gasteiger partial charge in [-0.2, -0.15) is 11.3 Å². The first kappa shape index (κ1) is 15.8. The van der Waals surface area contributed by atoms with Gasteiger partial charge in [0.1, 0.15) is 0 Å². The zero-order chi connectivity index (χ0) is 16.5. The number of hydrogen-bond acceptors (Lipinski definition) is 4. The van der Waals surface area contributed by atoms with Crippen LogP contribution in [-0.2, 0) is 24.7 Å². The normalized spacial score (nSPS) is 21.5. The monoisotopic (exact) mass is 344 g/mol. The van der Waals surface area contributed by atoms with Crippen LogP contribution >= 0.6 is 11.3 Å². The average Bonchev–Trinajstić information content (AvgIpc) is 3.26. The molecule has 6 heteroatoms. The third kappa shape index (κ3) is 2.88. The highest BCUT2D eigenvalue weighted by Crippen LogP contribution is 2.33. The van der Waals surface area contributed by atoms with E-state index >= 15 is 0 Å². The maximum Gasteiger partial charge on any atom is 0.230 e. The van der Waals surface area contributed by atoms with Crippen molar-refractivity contribution in [1.82, 2.24) is 15.0 Å². The molecule has 0 spiro atoms. The minimum Gasteiger partial charge on any atom is -0.308 e. The van der Waals surface area contributed by atoms with Crippen molar-refractivity contribution in [3.8, 4) is 0 Å². The number of thiophene rings is 1. The van der Waals surface area contributed by atoms with Gasteiger partial charge in [0.05, 0.1) is 17.1 Å². The summed E-state index contributed by atoms with van der Waals surface area (Å²) in [7, 11) is 1.93. The highest BCUT2D eigenvalue weighted by atomic mass is 32.1. The van der Waals surface area contributed by atoms with Crippen molar-refractivity contribution in [3.05, 3.63) is 28.2 Å². The Labute approximate surface area is 146 Å². The zero-order valence-electron chi connectivity index (χ0n) is 14.1. The third-order valence-electron chi connectivity index (χ3n) is 5.50. The summed E-state index contributed by atoms with van der Waals surface area (Å²) in [5.74, 6) is 0.351. The maximum absolute atomic E-state index is 13.4. The first-order chi connectivity index (χ1) is 11.7. The smallest absolute Gasteiger partial charge is 0.230 e. The molecule has 4 rings (SSSR count). The summed E-state index contributed by atoms with van der Waals surface area (Å²) in [6.45, 7) is 0. The van der Waals surface area contributed by atoms with Crippen molar-refractivity contribution in [1.29, 1.82) is 0 Å². The van der Waals surface area contributed by atoms with Gasteiger partial charge in [0.15, 0.2) is 0 Å². The van der Waals surface area contributed by atoms with E-state index in [9.17, 15) is 4.79 Å². The van der Waals surface area contributed by atoms with E-state index in [1.165, 1.54) is 19.3 Å². The van der Waals surface area contributed by atoms with Crippen molar-refractivity contribution in [2.45, 2.75) is 57.4 Å². The topological polar surface area (TPSA) is 51.0 Å². The number of aromatic nitrogens is 3. The fourth-order valence-electron chi connectivity index (χ4n) is 4.17. The number of fused-ring (bicyclic) bond motifs is 1. The van der Waals surface area contributed by atoms with E-state index in [4.69, 9.17) is 0 Å². The molecule has 2 aromatic rings. The first-order valence-electron chi connectivity index (χ1n) is 8.96. The lowest BCUT2D eigenvalue weighted by Gasteiger charge is -2.36. The van der Waals surface area contributed by atoms with Gasteiger partial charge in [0.25, 0.3) is 0 Å². The number of anilines is 1. The lowest BCUT2D eigenvalue weighted by atomic mass is 9.86. The van der Waals surface area contributed by atoms with Crippen molar-refractivity contribution >= 4 is 22.9 Å². The fraction of sp³-hybridized carbons (Fsp3) is 0.611. The Balaban J connectivity index is 1.59. The van der Waals surface area contributed by atoms with Crippen molar-refractivity contribution in [2.24, 2.45) is 13.0 Å². The van der Waals surface area contributed by atoms with Gasteiger partial charge >= 0.3 is 0 Å². The maximum atomic E-state index is 13.4. The molecule has 2 aliphatic rings. The number of aryl methyl sites for hydroxylation is 2. The second-order valence-electron chi connectivity index (χ2n) is 7.03. The van der Waals surface area contributed by atoms with Crippen LogP contribution in [0.4, 0.5) is 5.69 Å². The zero-order valence-corrected chi connectivity index (χ0v) is 15.0. The summed E-state index contributed by atoms with van der Waals surface area (Å²) in [6.07, 6.45) is 8.55. The van der Waals surface area contributed by atoms with Gasteiger partial charge in [-0.05, 0) is 37.1 Å². The number of nitrogens with zero attached hydrogens (tertiary/aromatic N) is 4. The Morgan fingerprint density at radius 3 is 2.88 bits per heavy atom. The van der Waals surface area contributed by atoms with Crippen molar-refractivity contribution in [3.63, 3.8) is 0 Å². The number of carbonyl (C=O) groups excluding carboxylic acids is 1. The Hall–Kier alpha value is -1.69. The summed E-state index contributed by atoms with van der Waals surface area (Å²) < 4.78 is 1.84. The molecule has 0 radical (unpaired) electrons. The molecule has 0 unspecified atom stereocenters. The molecule has 128 valence electrons. The molecule has 2 aliphatic carbocycles. The standard InChI is InChI=1S/C18H24N4OS/c1-21-17-11-13(7-8-16(17)19-20-21)18(23)22(15-9-10-24-12-15)14-5-3-2-4-6-14/h9-10,12-14H,2-8,11H2,1H3/t13-/m1/s1. The molecule has 0 saturated heterocycles. The lowest BCUT2D eigenvalue weighted by molar-refractivity contribution is -0.123. The van der Waals surface area contributed by atoms with Crippen LogP contribution < -0.4 is 4.90 Å². The van der Waals surface area contributed by atoms with Crippen LogP contribution in [0.25, 0.3) is 0 Å². The van der Waals surface area contributed by atoms with E-state index in [0.717, 1.165) is 49.2 Å². The average molecular weight is 344 g/mol. The van der Waals surface area contributed by atoms with Crippen LogP contribution in [0.1, 0.15) is 49.9 Å².